The molecule has 7 nitrogen and oxygen atoms in total. The maximum atomic E-state index is 5.92. The number of hydrogen-bond donors (Lipinski definition) is 0. The smallest absolute Gasteiger partial charge is 0.253 e. The van der Waals surface area contributed by atoms with Crippen LogP contribution in [0.2, 0.25) is 0 Å². The Morgan fingerprint density at radius 3 is 2.84 bits per heavy atom. The lowest BCUT2D eigenvalue weighted by atomic mass is 10.1. The maximum absolute atomic E-state index is 5.92. The summed E-state index contributed by atoms with van der Waals surface area (Å²) >= 11 is 0. The number of rotatable bonds is 4. The van der Waals surface area contributed by atoms with E-state index in [4.69, 9.17) is 13.7 Å². The first-order valence-electron chi connectivity index (χ1n) is 8.38. The Hall–Kier alpha value is -2.51. The fourth-order valence-electron chi connectivity index (χ4n) is 3.01. The Morgan fingerprint density at radius 2 is 2.04 bits per heavy atom. The molecule has 0 spiro atoms. The molecule has 2 aromatic heterocycles. The first-order chi connectivity index (χ1) is 12.2. The van der Waals surface area contributed by atoms with E-state index in [-0.39, 0.29) is 0 Å². The minimum atomic E-state index is 0.335. The summed E-state index contributed by atoms with van der Waals surface area (Å²) in [4.78, 5) is 2.28. The van der Waals surface area contributed by atoms with Crippen LogP contribution < -0.4 is 0 Å². The molecular formula is C18H20N4O3. The molecule has 1 aliphatic heterocycles. The van der Waals surface area contributed by atoms with Gasteiger partial charge in [-0.1, -0.05) is 35.5 Å². The van der Waals surface area contributed by atoms with Crippen LogP contribution in [0.1, 0.15) is 18.6 Å². The van der Waals surface area contributed by atoms with E-state index in [2.05, 4.69) is 27.2 Å². The SMILES string of the molecule is Cc1onc(-c2ccccc2)c1-c1nnc(CN2CCOCC2C)o1. The zero-order valence-corrected chi connectivity index (χ0v) is 14.3. The fourth-order valence-corrected chi connectivity index (χ4v) is 3.01. The van der Waals surface area contributed by atoms with E-state index in [1.807, 2.05) is 37.3 Å². The lowest BCUT2D eigenvalue weighted by molar-refractivity contribution is -0.00777. The largest absolute Gasteiger partial charge is 0.419 e. The van der Waals surface area contributed by atoms with E-state index < -0.39 is 0 Å². The molecule has 7 heteroatoms. The number of nitrogens with zero attached hydrogens (tertiary/aromatic N) is 4. The number of benzene rings is 1. The van der Waals surface area contributed by atoms with Gasteiger partial charge in [0, 0.05) is 18.2 Å². The Morgan fingerprint density at radius 1 is 1.20 bits per heavy atom. The number of ether oxygens (including phenoxy) is 1. The molecule has 1 saturated heterocycles. The van der Waals surface area contributed by atoms with Crippen LogP contribution in [0.15, 0.2) is 39.3 Å². The molecule has 0 amide bonds. The second kappa shape index (κ2) is 6.78. The third-order valence-electron chi connectivity index (χ3n) is 4.43. The van der Waals surface area contributed by atoms with Crippen LogP contribution in [0.25, 0.3) is 22.7 Å². The van der Waals surface area contributed by atoms with Gasteiger partial charge in [0.25, 0.3) is 5.89 Å². The first kappa shape index (κ1) is 16.0. The molecule has 1 aromatic carbocycles. The lowest BCUT2D eigenvalue weighted by Gasteiger charge is -2.31. The van der Waals surface area contributed by atoms with Crippen molar-refractivity contribution in [1.82, 2.24) is 20.3 Å². The molecule has 0 saturated carbocycles. The summed E-state index contributed by atoms with van der Waals surface area (Å²) in [5.74, 6) is 1.69. The highest BCUT2D eigenvalue weighted by Crippen LogP contribution is 2.33. The van der Waals surface area contributed by atoms with Gasteiger partial charge in [-0.25, -0.2) is 0 Å². The lowest BCUT2D eigenvalue weighted by Crippen LogP contribution is -2.42. The van der Waals surface area contributed by atoms with Crippen LogP contribution >= 0.6 is 0 Å². The Bertz CT molecular complexity index is 843. The summed E-state index contributed by atoms with van der Waals surface area (Å²) in [6.45, 7) is 6.91. The molecule has 0 aliphatic carbocycles. The molecule has 3 aromatic rings. The second-order valence-corrected chi connectivity index (χ2v) is 6.22. The van der Waals surface area contributed by atoms with Crippen LogP contribution in [0, 0.1) is 6.92 Å². The number of aromatic nitrogens is 3. The number of aryl methyl sites for hydroxylation is 1. The van der Waals surface area contributed by atoms with Gasteiger partial charge < -0.3 is 13.7 Å². The summed E-state index contributed by atoms with van der Waals surface area (Å²) in [6.07, 6.45) is 0. The molecule has 0 bridgehead atoms. The van der Waals surface area contributed by atoms with Crippen molar-refractivity contribution in [2.75, 3.05) is 19.8 Å². The number of hydrogen-bond acceptors (Lipinski definition) is 7. The summed E-state index contributed by atoms with van der Waals surface area (Å²) in [5.41, 5.74) is 2.42. The van der Waals surface area contributed by atoms with E-state index in [1.54, 1.807) is 0 Å². The average molecular weight is 340 g/mol. The van der Waals surface area contributed by atoms with Crippen molar-refractivity contribution in [1.29, 1.82) is 0 Å². The molecule has 1 unspecified atom stereocenters. The highest BCUT2D eigenvalue weighted by molar-refractivity contribution is 5.77. The molecule has 130 valence electrons. The third-order valence-corrected chi connectivity index (χ3v) is 4.43. The maximum Gasteiger partial charge on any atom is 0.253 e. The highest BCUT2D eigenvalue weighted by atomic mass is 16.5. The van der Waals surface area contributed by atoms with Gasteiger partial charge in [0.05, 0.1) is 19.8 Å². The Labute approximate surface area is 145 Å². The van der Waals surface area contributed by atoms with Gasteiger partial charge in [-0.2, -0.15) is 0 Å². The van der Waals surface area contributed by atoms with Crippen LogP contribution in [-0.4, -0.2) is 46.1 Å². The van der Waals surface area contributed by atoms with Crippen molar-refractivity contribution in [3.63, 3.8) is 0 Å². The zero-order valence-electron chi connectivity index (χ0n) is 14.3. The standard InChI is InChI=1S/C18H20N4O3/c1-12-11-23-9-8-22(12)10-15-19-20-18(24-15)16-13(2)25-21-17(16)14-6-4-3-5-7-14/h3-7,12H,8-11H2,1-2H3. The van der Waals surface area contributed by atoms with Crippen molar-refractivity contribution in [2.45, 2.75) is 26.4 Å². The normalized spacial score (nSPS) is 18.6. The van der Waals surface area contributed by atoms with Gasteiger partial charge in [-0.05, 0) is 13.8 Å². The van der Waals surface area contributed by atoms with Crippen molar-refractivity contribution in [3.05, 3.63) is 42.0 Å². The van der Waals surface area contributed by atoms with Crippen molar-refractivity contribution in [2.24, 2.45) is 0 Å². The topological polar surface area (TPSA) is 77.4 Å². The molecular weight excluding hydrogens is 320 g/mol. The van der Waals surface area contributed by atoms with Gasteiger partial charge in [0.2, 0.25) is 5.89 Å². The van der Waals surface area contributed by atoms with Crippen LogP contribution in [-0.2, 0) is 11.3 Å². The van der Waals surface area contributed by atoms with E-state index in [1.165, 1.54) is 0 Å². The highest BCUT2D eigenvalue weighted by Gasteiger charge is 2.24. The third kappa shape index (κ3) is 3.20. The summed E-state index contributed by atoms with van der Waals surface area (Å²) in [6, 6.07) is 10.2. The predicted octanol–water partition coefficient (Wildman–Crippen LogP) is 2.92. The van der Waals surface area contributed by atoms with Gasteiger partial charge in [0.15, 0.2) is 0 Å². The molecule has 3 heterocycles. The quantitative estimate of drug-likeness (QED) is 0.722. The molecule has 4 rings (SSSR count). The van der Waals surface area contributed by atoms with Crippen LogP contribution in [0.3, 0.4) is 0 Å². The van der Waals surface area contributed by atoms with E-state index >= 15 is 0 Å². The van der Waals surface area contributed by atoms with E-state index in [0.717, 1.165) is 30.9 Å². The number of morpholine rings is 1. The first-order valence-corrected chi connectivity index (χ1v) is 8.38. The molecule has 1 atom stereocenters. The Kier molecular flexibility index (Phi) is 4.33. The van der Waals surface area contributed by atoms with Gasteiger partial charge in [-0.3, -0.25) is 4.90 Å². The molecule has 1 aliphatic rings. The van der Waals surface area contributed by atoms with Gasteiger partial charge in [0.1, 0.15) is 17.0 Å². The molecule has 25 heavy (non-hydrogen) atoms. The van der Waals surface area contributed by atoms with Crippen molar-refractivity contribution in [3.8, 4) is 22.7 Å². The minimum Gasteiger partial charge on any atom is -0.419 e. The van der Waals surface area contributed by atoms with Crippen molar-refractivity contribution >= 4 is 0 Å². The molecule has 1 fully saturated rings. The average Bonchev–Trinajstić information content (AvgIpc) is 3.24. The van der Waals surface area contributed by atoms with E-state index in [0.29, 0.717) is 35.8 Å². The Balaban J connectivity index is 1.61. The van der Waals surface area contributed by atoms with E-state index in [9.17, 15) is 0 Å². The summed E-state index contributed by atoms with van der Waals surface area (Å²) in [5, 5.41) is 12.6. The second-order valence-electron chi connectivity index (χ2n) is 6.22. The minimum absolute atomic E-state index is 0.335. The molecule has 0 N–H and O–H groups in total. The van der Waals surface area contributed by atoms with Gasteiger partial charge >= 0.3 is 0 Å². The summed E-state index contributed by atoms with van der Waals surface area (Å²) in [7, 11) is 0. The van der Waals surface area contributed by atoms with Crippen LogP contribution in [0.4, 0.5) is 0 Å². The van der Waals surface area contributed by atoms with Crippen molar-refractivity contribution < 1.29 is 13.7 Å². The van der Waals surface area contributed by atoms with Gasteiger partial charge in [-0.15, -0.1) is 10.2 Å². The predicted molar refractivity (Wildman–Crippen MR) is 90.7 cm³/mol. The van der Waals surface area contributed by atoms with Crippen LogP contribution in [0.5, 0.6) is 0 Å². The fraction of sp³-hybridized carbons (Fsp3) is 0.389. The molecule has 0 radical (unpaired) electrons. The zero-order chi connectivity index (χ0) is 17.2. The summed E-state index contributed by atoms with van der Waals surface area (Å²) < 4.78 is 16.8. The monoisotopic (exact) mass is 340 g/mol.